The van der Waals surface area contributed by atoms with Gasteiger partial charge in [0.05, 0.1) is 22.2 Å². The van der Waals surface area contributed by atoms with Crippen LogP contribution in [0.25, 0.3) is 60.8 Å². The first kappa shape index (κ1) is 19.6. The Kier molecular flexibility index (Phi) is 3.50. The molecule has 2 aliphatic heterocycles. The molecule has 0 bridgehead atoms. The molecule has 4 heteroatoms. The Morgan fingerprint density at radius 2 is 1.32 bits per heavy atom. The normalized spacial score (nSPS) is 13.1. The average molecular weight is 471 g/mol. The zero-order chi connectivity index (χ0) is 24.4. The first-order valence-corrected chi connectivity index (χ1v) is 13.0. The monoisotopic (exact) mass is 471 g/mol. The highest BCUT2D eigenvalue weighted by atomic mass is 15.2. The third-order valence-corrected chi connectivity index (χ3v) is 8.60. The van der Waals surface area contributed by atoms with Crippen molar-refractivity contribution in [1.82, 2.24) is 14.3 Å². The lowest BCUT2D eigenvalue weighted by atomic mass is 9.46. The van der Waals surface area contributed by atoms with Gasteiger partial charge in [-0.1, -0.05) is 84.9 Å². The molecule has 2 aliphatic rings. The van der Waals surface area contributed by atoms with Crippen molar-refractivity contribution in [3.05, 3.63) is 108 Å². The fourth-order valence-corrected chi connectivity index (χ4v) is 7.17. The molecule has 4 heterocycles. The predicted molar refractivity (Wildman–Crippen MR) is 155 cm³/mol. The lowest BCUT2D eigenvalue weighted by Gasteiger charge is -2.32. The molecule has 9 rings (SSSR count). The predicted octanol–water partition coefficient (Wildman–Crippen LogP) is 6.37. The van der Waals surface area contributed by atoms with Crippen molar-refractivity contribution in [1.29, 1.82) is 0 Å². The number of hydrogen-bond acceptors (Lipinski definition) is 1. The minimum atomic E-state index is 0.0298. The van der Waals surface area contributed by atoms with E-state index in [0.717, 1.165) is 5.69 Å². The van der Waals surface area contributed by atoms with Crippen LogP contribution < -0.4 is 10.9 Å². The van der Waals surface area contributed by atoms with Crippen LogP contribution >= 0.6 is 0 Å². The summed E-state index contributed by atoms with van der Waals surface area (Å²) in [6.07, 6.45) is 0. The summed E-state index contributed by atoms with van der Waals surface area (Å²) in [6.45, 7) is 4.43. The SMILES string of the molecule is Cc1cccc(C)c1-c1nn2c3c(cccc13)-c1cccc3c1B2c1cccc2c4ccccc4n-3c12. The Balaban J connectivity index is 1.49. The zero-order valence-corrected chi connectivity index (χ0v) is 20.7. The molecule has 0 fully saturated rings. The second kappa shape index (κ2) is 6.60. The Hall–Kier alpha value is -4.57. The maximum Gasteiger partial charge on any atom is 0.354 e. The zero-order valence-electron chi connectivity index (χ0n) is 20.7. The van der Waals surface area contributed by atoms with Crippen LogP contribution in [-0.2, 0) is 0 Å². The number of aromatic nitrogens is 3. The molecule has 3 nitrogen and oxygen atoms in total. The number of hydrogen-bond donors (Lipinski definition) is 0. The third kappa shape index (κ3) is 2.23. The number of nitrogens with zero attached hydrogens (tertiary/aromatic N) is 3. The summed E-state index contributed by atoms with van der Waals surface area (Å²) in [5.74, 6) is 0. The number of benzene rings is 5. The Labute approximate surface area is 214 Å². The van der Waals surface area contributed by atoms with E-state index in [1.807, 2.05) is 0 Å². The van der Waals surface area contributed by atoms with Crippen LogP contribution in [0, 0.1) is 13.8 Å². The Bertz CT molecular complexity index is 2110. The maximum absolute atomic E-state index is 5.46. The molecule has 0 aliphatic carbocycles. The van der Waals surface area contributed by atoms with Crippen LogP contribution in [0.3, 0.4) is 0 Å². The van der Waals surface area contributed by atoms with Crippen molar-refractivity contribution < 1.29 is 0 Å². The Morgan fingerprint density at radius 3 is 2.22 bits per heavy atom. The summed E-state index contributed by atoms with van der Waals surface area (Å²) >= 11 is 0. The van der Waals surface area contributed by atoms with E-state index in [4.69, 9.17) is 5.10 Å². The smallest absolute Gasteiger partial charge is 0.310 e. The van der Waals surface area contributed by atoms with Crippen molar-refractivity contribution in [2.45, 2.75) is 13.8 Å². The average Bonchev–Trinajstić information content (AvgIpc) is 3.47. The van der Waals surface area contributed by atoms with Gasteiger partial charge in [0, 0.05) is 33.0 Å². The molecular weight excluding hydrogens is 449 g/mol. The second-order valence-corrected chi connectivity index (χ2v) is 10.5. The third-order valence-electron chi connectivity index (χ3n) is 8.60. The minimum Gasteiger partial charge on any atom is -0.310 e. The number of aryl methyl sites for hydroxylation is 2. The molecule has 172 valence electrons. The molecule has 0 atom stereocenters. The van der Waals surface area contributed by atoms with Crippen LogP contribution in [0.15, 0.2) is 97.1 Å². The van der Waals surface area contributed by atoms with Crippen molar-refractivity contribution in [3.8, 4) is 28.1 Å². The Morgan fingerprint density at radius 1 is 0.622 bits per heavy atom. The van der Waals surface area contributed by atoms with Gasteiger partial charge in [-0.25, -0.2) is 0 Å². The molecule has 5 aromatic carbocycles. The first-order valence-electron chi connectivity index (χ1n) is 13.0. The van der Waals surface area contributed by atoms with Crippen molar-refractivity contribution in [3.63, 3.8) is 0 Å². The van der Waals surface area contributed by atoms with E-state index >= 15 is 0 Å². The lowest BCUT2D eigenvalue weighted by Crippen LogP contribution is -2.55. The van der Waals surface area contributed by atoms with E-state index in [1.165, 1.54) is 77.1 Å². The van der Waals surface area contributed by atoms with E-state index in [0.29, 0.717) is 0 Å². The molecule has 0 radical (unpaired) electrons. The number of fused-ring (bicyclic) bond motifs is 7. The van der Waals surface area contributed by atoms with Crippen LogP contribution in [0.2, 0.25) is 0 Å². The minimum absolute atomic E-state index is 0.0298. The molecule has 7 aromatic rings. The maximum atomic E-state index is 5.46. The van der Waals surface area contributed by atoms with Crippen LogP contribution in [-0.4, -0.2) is 21.1 Å². The van der Waals surface area contributed by atoms with Gasteiger partial charge in [-0.15, -0.1) is 0 Å². The highest BCUT2D eigenvalue weighted by molar-refractivity contribution is 6.89. The standard InChI is InChI=1S/C33H22BN3/c1-19-9-5-10-20(2)29(19)31-25-15-6-13-24-22-12-8-18-28-30(22)34(37(35-31)32(24)25)26-16-7-14-23-21-11-3-4-17-27(21)36(28)33(23)26/h3-18H,1-2H3. The highest BCUT2D eigenvalue weighted by Crippen LogP contribution is 2.42. The molecule has 37 heavy (non-hydrogen) atoms. The van der Waals surface area contributed by atoms with E-state index in [9.17, 15) is 0 Å². The fraction of sp³-hybridized carbons (Fsp3) is 0.0606. The molecule has 0 saturated heterocycles. The van der Waals surface area contributed by atoms with Crippen molar-refractivity contribution in [2.24, 2.45) is 0 Å². The molecule has 0 N–H and O–H groups in total. The van der Waals surface area contributed by atoms with Crippen LogP contribution in [0.1, 0.15) is 11.1 Å². The highest BCUT2D eigenvalue weighted by Gasteiger charge is 2.41. The van der Waals surface area contributed by atoms with Gasteiger partial charge in [0.25, 0.3) is 0 Å². The number of rotatable bonds is 1. The first-order chi connectivity index (χ1) is 18.2. The fourth-order valence-electron chi connectivity index (χ4n) is 7.17. The van der Waals surface area contributed by atoms with Gasteiger partial charge in [0.1, 0.15) is 0 Å². The summed E-state index contributed by atoms with van der Waals surface area (Å²) < 4.78 is 4.81. The van der Waals surface area contributed by atoms with Crippen molar-refractivity contribution >= 4 is 50.5 Å². The summed E-state index contributed by atoms with van der Waals surface area (Å²) in [5.41, 5.74) is 15.2. The molecule has 0 amide bonds. The largest absolute Gasteiger partial charge is 0.354 e. The topological polar surface area (TPSA) is 22.8 Å². The lowest BCUT2D eigenvalue weighted by molar-refractivity contribution is 0.996. The number of para-hydroxylation sites is 3. The molecule has 2 aromatic heterocycles. The van der Waals surface area contributed by atoms with E-state index in [-0.39, 0.29) is 6.85 Å². The summed E-state index contributed by atoms with van der Waals surface area (Å²) in [6, 6.07) is 35.6. The molecule has 0 spiro atoms. The van der Waals surface area contributed by atoms with Crippen molar-refractivity contribution in [2.75, 3.05) is 0 Å². The van der Waals surface area contributed by atoms with Gasteiger partial charge in [0.2, 0.25) is 0 Å². The summed E-state index contributed by atoms with van der Waals surface area (Å²) in [7, 11) is 0. The quantitative estimate of drug-likeness (QED) is 0.255. The van der Waals surface area contributed by atoms with Gasteiger partial charge in [-0.05, 0) is 53.6 Å². The molecule has 0 unspecified atom stereocenters. The van der Waals surface area contributed by atoms with Gasteiger partial charge in [-0.2, -0.15) is 5.10 Å². The van der Waals surface area contributed by atoms with Gasteiger partial charge < -0.3 is 4.57 Å². The van der Waals surface area contributed by atoms with Crippen LogP contribution in [0.5, 0.6) is 0 Å². The van der Waals surface area contributed by atoms with E-state index in [2.05, 4.69) is 120 Å². The van der Waals surface area contributed by atoms with E-state index < -0.39 is 0 Å². The van der Waals surface area contributed by atoms with Gasteiger partial charge in [-0.3, -0.25) is 4.59 Å². The summed E-state index contributed by atoms with van der Waals surface area (Å²) in [4.78, 5) is 0. The molecule has 0 saturated carbocycles. The van der Waals surface area contributed by atoms with Gasteiger partial charge in [0.15, 0.2) is 0 Å². The van der Waals surface area contributed by atoms with E-state index in [1.54, 1.807) is 0 Å². The van der Waals surface area contributed by atoms with Crippen LogP contribution in [0.4, 0.5) is 0 Å². The van der Waals surface area contributed by atoms with Gasteiger partial charge >= 0.3 is 6.85 Å². The second-order valence-electron chi connectivity index (χ2n) is 10.5. The molecular formula is C33H22BN3. The summed E-state index contributed by atoms with van der Waals surface area (Å²) in [5, 5.41) is 9.29.